The van der Waals surface area contributed by atoms with Crippen LogP contribution in [0.3, 0.4) is 0 Å². The molecule has 1 heterocycles. The first-order valence-corrected chi connectivity index (χ1v) is 9.85. The van der Waals surface area contributed by atoms with Crippen molar-refractivity contribution in [2.24, 2.45) is 5.73 Å². The van der Waals surface area contributed by atoms with Crippen molar-refractivity contribution in [3.8, 4) is 11.5 Å². The highest BCUT2D eigenvalue weighted by molar-refractivity contribution is 5.93. The lowest BCUT2D eigenvalue weighted by Gasteiger charge is -2.33. The van der Waals surface area contributed by atoms with E-state index in [-0.39, 0.29) is 12.7 Å². The van der Waals surface area contributed by atoms with Crippen LogP contribution >= 0.6 is 0 Å². The molecule has 0 aromatic heterocycles. The third-order valence-corrected chi connectivity index (χ3v) is 5.06. The number of piperidine rings is 1. The van der Waals surface area contributed by atoms with Crippen molar-refractivity contribution in [2.45, 2.75) is 32.0 Å². The number of nitrogens with two attached hydrogens (primary N) is 1. The Hall–Kier alpha value is -2.61. The standard InChI is InChI=1S/C22H28N2O5/c1-15(26)20-7-2-16(22(23)27)14-21(20)29-19-5-3-17(4-6-19)24-10-8-18(9-11-24)28-13-12-25/h2-7,14-15,18,25-26H,8-13H2,1H3,(H2,23,27)/t15-/m1/s1. The summed E-state index contributed by atoms with van der Waals surface area (Å²) in [6.07, 6.45) is 1.32. The van der Waals surface area contributed by atoms with Gasteiger partial charge in [0.25, 0.3) is 0 Å². The number of benzene rings is 2. The summed E-state index contributed by atoms with van der Waals surface area (Å²) < 4.78 is 11.5. The van der Waals surface area contributed by atoms with Crippen molar-refractivity contribution in [2.75, 3.05) is 31.2 Å². The van der Waals surface area contributed by atoms with Gasteiger partial charge in [-0.15, -0.1) is 0 Å². The van der Waals surface area contributed by atoms with Crippen molar-refractivity contribution >= 4 is 11.6 Å². The number of anilines is 1. The summed E-state index contributed by atoms with van der Waals surface area (Å²) in [6.45, 7) is 3.87. The Morgan fingerprint density at radius 1 is 1.21 bits per heavy atom. The Morgan fingerprint density at radius 2 is 1.90 bits per heavy atom. The molecule has 0 spiro atoms. The first-order valence-electron chi connectivity index (χ1n) is 9.85. The fourth-order valence-corrected chi connectivity index (χ4v) is 3.47. The van der Waals surface area contributed by atoms with E-state index in [4.69, 9.17) is 20.3 Å². The van der Waals surface area contributed by atoms with Gasteiger partial charge in [-0.25, -0.2) is 0 Å². The van der Waals surface area contributed by atoms with E-state index in [9.17, 15) is 9.90 Å². The zero-order chi connectivity index (χ0) is 20.8. The van der Waals surface area contributed by atoms with Gasteiger partial charge >= 0.3 is 0 Å². The molecule has 1 saturated heterocycles. The van der Waals surface area contributed by atoms with Gasteiger partial charge in [-0.1, -0.05) is 6.07 Å². The third kappa shape index (κ3) is 5.47. The van der Waals surface area contributed by atoms with Crippen LogP contribution in [0.25, 0.3) is 0 Å². The lowest BCUT2D eigenvalue weighted by Crippen LogP contribution is -2.37. The first-order chi connectivity index (χ1) is 14.0. The quantitative estimate of drug-likeness (QED) is 0.629. The van der Waals surface area contributed by atoms with Crippen LogP contribution in [0.15, 0.2) is 42.5 Å². The zero-order valence-corrected chi connectivity index (χ0v) is 16.6. The van der Waals surface area contributed by atoms with E-state index >= 15 is 0 Å². The average Bonchev–Trinajstić information content (AvgIpc) is 2.73. The molecule has 0 unspecified atom stereocenters. The SMILES string of the molecule is C[C@@H](O)c1ccc(C(N)=O)cc1Oc1ccc(N2CCC(OCCO)CC2)cc1. The number of amides is 1. The van der Waals surface area contributed by atoms with Gasteiger partial charge in [0.05, 0.1) is 25.4 Å². The molecule has 2 aromatic carbocycles. The van der Waals surface area contributed by atoms with Crippen molar-refractivity contribution in [3.05, 3.63) is 53.6 Å². The van der Waals surface area contributed by atoms with Crippen molar-refractivity contribution < 1.29 is 24.5 Å². The molecule has 0 aliphatic carbocycles. The smallest absolute Gasteiger partial charge is 0.248 e. The average molecular weight is 400 g/mol. The fraction of sp³-hybridized carbons (Fsp3) is 0.409. The Balaban J connectivity index is 1.67. The normalized spacial score (nSPS) is 15.9. The van der Waals surface area contributed by atoms with Gasteiger partial charge in [-0.2, -0.15) is 0 Å². The van der Waals surface area contributed by atoms with Crippen LogP contribution in [0.4, 0.5) is 5.69 Å². The molecule has 1 fully saturated rings. The molecule has 1 aliphatic rings. The van der Waals surface area contributed by atoms with E-state index in [2.05, 4.69) is 4.90 Å². The van der Waals surface area contributed by atoms with Gasteiger partial charge in [0, 0.05) is 29.9 Å². The van der Waals surface area contributed by atoms with Gasteiger partial charge in [-0.3, -0.25) is 4.79 Å². The van der Waals surface area contributed by atoms with Crippen LogP contribution in [0.5, 0.6) is 11.5 Å². The molecule has 0 bridgehead atoms. The number of rotatable bonds is 8. The monoisotopic (exact) mass is 400 g/mol. The van der Waals surface area contributed by atoms with E-state index < -0.39 is 12.0 Å². The number of carbonyl (C=O) groups is 1. The molecule has 156 valence electrons. The molecule has 0 saturated carbocycles. The second-order valence-corrected chi connectivity index (χ2v) is 7.17. The van der Waals surface area contributed by atoms with E-state index in [1.165, 1.54) is 0 Å². The zero-order valence-electron chi connectivity index (χ0n) is 16.6. The Morgan fingerprint density at radius 3 is 2.48 bits per heavy atom. The molecule has 2 aromatic rings. The summed E-state index contributed by atoms with van der Waals surface area (Å²) in [7, 11) is 0. The maximum absolute atomic E-state index is 11.5. The molecule has 7 heteroatoms. The van der Waals surface area contributed by atoms with E-state index in [0.717, 1.165) is 31.6 Å². The fourth-order valence-electron chi connectivity index (χ4n) is 3.47. The van der Waals surface area contributed by atoms with Crippen LogP contribution in [-0.2, 0) is 4.74 Å². The predicted octanol–water partition coefficient (Wildman–Crippen LogP) is 2.61. The van der Waals surface area contributed by atoms with Crippen LogP contribution < -0.4 is 15.4 Å². The maximum Gasteiger partial charge on any atom is 0.248 e. The summed E-state index contributed by atoms with van der Waals surface area (Å²) in [6, 6.07) is 12.5. The lowest BCUT2D eigenvalue weighted by atomic mass is 10.1. The lowest BCUT2D eigenvalue weighted by molar-refractivity contribution is 0.0159. The van der Waals surface area contributed by atoms with Crippen LogP contribution in [0.2, 0.25) is 0 Å². The van der Waals surface area contributed by atoms with Gasteiger partial charge in [0.1, 0.15) is 11.5 Å². The minimum Gasteiger partial charge on any atom is -0.457 e. The Labute approximate surface area is 170 Å². The number of hydrogen-bond donors (Lipinski definition) is 3. The molecular weight excluding hydrogens is 372 g/mol. The summed E-state index contributed by atoms with van der Waals surface area (Å²) in [5.41, 5.74) is 7.37. The van der Waals surface area contributed by atoms with Crippen molar-refractivity contribution in [1.82, 2.24) is 0 Å². The molecule has 1 atom stereocenters. The second-order valence-electron chi connectivity index (χ2n) is 7.17. The Bertz CT molecular complexity index is 814. The number of carbonyl (C=O) groups excluding carboxylic acids is 1. The highest BCUT2D eigenvalue weighted by Gasteiger charge is 2.20. The summed E-state index contributed by atoms with van der Waals surface area (Å²) in [5, 5.41) is 18.8. The minimum atomic E-state index is -0.736. The van der Waals surface area contributed by atoms with Gasteiger partial charge in [0.15, 0.2) is 0 Å². The highest BCUT2D eigenvalue weighted by Crippen LogP contribution is 2.32. The summed E-state index contributed by atoms with van der Waals surface area (Å²) >= 11 is 0. The number of ether oxygens (including phenoxy) is 2. The molecular formula is C22H28N2O5. The number of primary amides is 1. The third-order valence-electron chi connectivity index (χ3n) is 5.06. The summed E-state index contributed by atoms with van der Waals surface area (Å²) in [5.74, 6) is 0.470. The topological polar surface area (TPSA) is 105 Å². The van der Waals surface area contributed by atoms with Crippen LogP contribution in [-0.4, -0.2) is 48.5 Å². The van der Waals surface area contributed by atoms with E-state index in [1.54, 1.807) is 25.1 Å². The molecule has 1 aliphatic heterocycles. The summed E-state index contributed by atoms with van der Waals surface area (Å²) in [4.78, 5) is 13.8. The van der Waals surface area contributed by atoms with E-state index in [0.29, 0.717) is 29.2 Å². The molecule has 29 heavy (non-hydrogen) atoms. The first kappa shape index (κ1) is 21.1. The Kier molecular flexibility index (Phi) is 7.09. The van der Waals surface area contributed by atoms with Crippen molar-refractivity contribution in [3.63, 3.8) is 0 Å². The van der Waals surface area contributed by atoms with Gasteiger partial charge < -0.3 is 30.3 Å². The molecule has 4 N–H and O–H groups in total. The maximum atomic E-state index is 11.5. The largest absolute Gasteiger partial charge is 0.457 e. The van der Waals surface area contributed by atoms with Gasteiger partial charge in [0.2, 0.25) is 5.91 Å². The molecule has 0 radical (unpaired) electrons. The highest BCUT2D eigenvalue weighted by atomic mass is 16.5. The van der Waals surface area contributed by atoms with Gasteiger partial charge in [-0.05, 0) is 56.2 Å². The minimum absolute atomic E-state index is 0.0563. The molecule has 1 amide bonds. The number of aliphatic hydroxyl groups excluding tert-OH is 2. The molecule has 3 rings (SSSR count). The van der Waals surface area contributed by atoms with E-state index in [1.807, 2.05) is 24.3 Å². The molecule has 7 nitrogen and oxygen atoms in total. The van der Waals surface area contributed by atoms with Crippen molar-refractivity contribution in [1.29, 1.82) is 0 Å². The predicted molar refractivity (Wildman–Crippen MR) is 110 cm³/mol. The van der Waals surface area contributed by atoms with Crippen LogP contribution in [0.1, 0.15) is 41.8 Å². The number of aliphatic hydroxyl groups is 2. The number of nitrogens with zero attached hydrogens (tertiary/aromatic N) is 1. The van der Waals surface area contributed by atoms with Crippen LogP contribution in [0, 0.1) is 0 Å². The second kappa shape index (κ2) is 9.73. The number of hydrogen-bond acceptors (Lipinski definition) is 6.